The molecule has 122 valence electrons. The first kappa shape index (κ1) is 15.6. The molecule has 0 saturated carbocycles. The Hall–Kier alpha value is -2.28. The van der Waals surface area contributed by atoms with Crippen molar-refractivity contribution in [3.8, 4) is 5.69 Å². The van der Waals surface area contributed by atoms with Crippen molar-refractivity contribution in [2.24, 2.45) is 5.92 Å². The molecule has 1 fully saturated rings. The highest BCUT2D eigenvalue weighted by molar-refractivity contribution is 5.72. The second-order valence-corrected chi connectivity index (χ2v) is 5.64. The van der Waals surface area contributed by atoms with Gasteiger partial charge in [0.2, 0.25) is 0 Å². The highest BCUT2D eigenvalue weighted by Gasteiger charge is 2.26. The Balaban J connectivity index is 1.60. The zero-order valence-electron chi connectivity index (χ0n) is 13.3. The van der Waals surface area contributed by atoms with Gasteiger partial charge in [0.15, 0.2) is 5.82 Å². The molecule has 1 aliphatic rings. The van der Waals surface area contributed by atoms with Crippen LogP contribution in [0, 0.1) is 5.92 Å². The molecule has 0 spiro atoms. The van der Waals surface area contributed by atoms with Crippen LogP contribution in [0.3, 0.4) is 0 Å². The first-order valence-corrected chi connectivity index (χ1v) is 7.99. The predicted octanol–water partition coefficient (Wildman–Crippen LogP) is 1.44. The third-order valence-electron chi connectivity index (χ3n) is 4.11. The summed E-state index contributed by atoms with van der Waals surface area (Å²) in [5.41, 5.74) is 0.953. The van der Waals surface area contributed by atoms with Crippen LogP contribution < -0.4 is 0 Å². The largest absolute Gasteiger partial charge is 0.466 e. The molecule has 0 amide bonds. The van der Waals surface area contributed by atoms with E-state index in [4.69, 9.17) is 4.74 Å². The third-order valence-corrected chi connectivity index (χ3v) is 4.11. The van der Waals surface area contributed by atoms with Gasteiger partial charge in [-0.3, -0.25) is 9.69 Å². The SMILES string of the molecule is CCOC(=O)C1CCN(Cc2nnnn2-c2ccccc2)CC1. The topological polar surface area (TPSA) is 73.1 Å². The van der Waals surface area contributed by atoms with Gasteiger partial charge in [-0.1, -0.05) is 18.2 Å². The van der Waals surface area contributed by atoms with Gasteiger partial charge in [-0.2, -0.15) is 4.68 Å². The normalized spacial score (nSPS) is 16.4. The second-order valence-electron chi connectivity index (χ2n) is 5.64. The van der Waals surface area contributed by atoms with Crippen molar-refractivity contribution < 1.29 is 9.53 Å². The molecular formula is C16H21N5O2. The Kier molecular flexibility index (Phi) is 4.97. The number of rotatable bonds is 5. The van der Waals surface area contributed by atoms with E-state index in [2.05, 4.69) is 20.4 Å². The average molecular weight is 315 g/mol. The first-order chi connectivity index (χ1) is 11.3. The summed E-state index contributed by atoms with van der Waals surface area (Å²) in [6.45, 7) is 4.68. The van der Waals surface area contributed by atoms with Crippen molar-refractivity contribution in [2.75, 3.05) is 19.7 Å². The maximum absolute atomic E-state index is 11.8. The monoisotopic (exact) mass is 315 g/mol. The van der Waals surface area contributed by atoms with E-state index in [9.17, 15) is 4.79 Å². The summed E-state index contributed by atoms with van der Waals surface area (Å²) in [5, 5.41) is 12.0. The number of nitrogens with zero attached hydrogens (tertiary/aromatic N) is 5. The number of esters is 1. The fourth-order valence-electron chi connectivity index (χ4n) is 2.86. The predicted molar refractivity (Wildman–Crippen MR) is 83.8 cm³/mol. The highest BCUT2D eigenvalue weighted by Crippen LogP contribution is 2.20. The van der Waals surface area contributed by atoms with E-state index in [1.807, 2.05) is 37.3 Å². The van der Waals surface area contributed by atoms with Crippen LogP contribution in [0.5, 0.6) is 0 Å². The van der Waals surface area contributed by atoms with Gasteiger partial charge in [0, 0.05) is 0 Å². The molecule has 7 heteroatoms. The molecule has 0 bridgehead atoms. The molecule has 0 aliphatic carbocycles. The van der Waals surface area contributed by atoms with Crippen LogP contribution in [0.15, 0.2) is 30.3 Å². The molecule has 1 aromatic carbocycles. The van der Waals surface area contributed by atoms with Crippen LogP contribution in [-0.4, -0.2) is 50.8 Å². The summed E-state index contributed by atoms with van der Waals surface area (Å²) in [6, 6.07) is 9.85. The second kappa shape index (κ2) is 7.32. The van der Waals surface area contributed by atoms with Crippen LogP contribution in [-0.2, 0) is 16.1 Å². The lowest BCUT2D eigenvalue weighted by molar-refractivity contribution is -0.149. The Bertz CT molecular complexity index is 635. The summed E-state index contributed by atoms with van der Waals surface area (Å²) in [7, 11) is 0. The van der Waals surface area contributed by atoms with Crippen LogP contribution in [0.1, 0.15) is 25.6 Å². The van der Waals surface area contributed by atoms with E-state index < -0.39 is 0 Å². The lowest BCUT2D eigenvalue weighted by Gasteiger charge is -2.30. The summed E-state index contributed by atoms with van der Waals surface area (Å²) < 4.78 is 6.87. The number of benzene rings is 1. The number of likely N-dealkylation sites (tertiary alicyclic amines) is 1. The number of carbonyl (C=O) groups is 1. The van der Waals surface area contributed by atoms with Crippen molar-refractivity contribution in [3.05, 3.63) is 36.2 Å². The Morgan fingerprint density at radius 2 is 2.00 bits per heavy atom. The van der Waals surface area contributed by atoms with Crippen molar-refractivity contribution >= 4 is 5.97 Å². The number of piperidine rings is 1. The quantitative estimate of drug-likeness (QED) is 0.777. The maximum Gasteiger partial charge on any atom is 0.309 e. The van der Waals surface area contributed by atoms with E-state index in [-0.39, 0.29) is 11.9 Å². The lowest BCUT2D eigenvalue weighted by atomic mass is 9.97. The van der Waals surface area contributed by atoms with Crippen molar-refractivity contribution in [1.82, 2.24) is 25.1 Å². The number of ether oxygens (including phenoxy) is 1. The summed E-state index contributed by atoms with van der Waals surface area (Å²) in [6.07, 6.45) is 1.65. The maximum atomic E-state index is 11.8. The summed E-state index contributed by atoms with van der Waals surface area (Å²) >= 11 is 0. The van der Waals surface area contributed by atoms with Gasteiger partial charge in [0.05, 0.1) is 24.8 Å². The van der Waals surface area contributed by atoms with Crippen molar-refractivity contribution in [2.45, 2.75) is 26.3 Å². The number of carbonyl (C=O) groups excluding carboxylic acids is 1. The number of para-hydroxylation sites is 1. The molecule has 0 N–H and O–H groups in total. The molecule has 0 atom stereocenters. The smallest absolute Gasteiger partial charge is 0.309 e. The molecule has 1 aliphatic heterocycles. The van der Waals surface area contributed by atoms with Gasteiger partial charge in [0.25, 0.3) is 0 Å². The van der Waals surface area contributed by atoms with Crippen molar-refractivity contribution in [1.29, 1.82) is 0 Å². The van der Waals surface area contributed by atoms with Crippen molar-refractivity contribution in [3.63, 3.8) is 0 Å². The van der Waals surface area contributed by atoms with Crippen LogP contribution in [0.4, 0.5) is 0 Å². The van der Waals surface area contributed by atoms with Gasteiger partial charge in [0.1, 0.15) is 0 Å². The molecule has 3 rings (SSSR count). The standard InChI is InChI=1S/C16H21N5O2/c1-2-23-16(22)13-8-10-20(11-9-13)12-15-17-18-19-21(15)14-6-4-3-5-7-14/h3-7,13H,2,8-12H2,1H3. The summed E-state index contributed by atoms with van der Waals surface area (Å²) in [4.78, 5) is 14.1. The molecule has 1 saturated heterocycles. The number of hydrogen-bond acceptors (Lipinski definition) is 6. The van der Waals surface area contributed by atoms with Gasteiger partial charge >= 0.3 is 5.97 Å². The average Bonchev–Trinajstić information content (AvgIpc) is 3.05. The van der Waals surface area contributed by atoms with E-state index in [1.165, 1.54) is 0 Å². The number of hydrogen-bond donors (Lipinski definition) is 0. The molecule has 2 heterocycles. The van der Waals surface area contributed by atoms with Gasteiger partial charge in [-0.05, 0) is 55.4 Å². The molecule has 0 radical (unpaired) electrons. The minimum absolute atomic E-state index is 0.0244. The molecule has 23 heavy (non-hydrogen) atoms. The van der Waals surface area contributed by atoms with E-state index in [0.717, 1.165) is 37.4 Å². The fraction of sp³-hybridized carbons (Fsp3) is 0.500. The Morgan fingerprint density at radius 1 is 1.26 bits per heavy atom. The highest BCUT2D eigenvalue weighted by atomic mass is 16.5. The zero-order chi connectivity index (χ0) is 16.1. The minimum Gasteiger partial charge on any atom is -0.466 e. The molecule has 1 aromatic heterocycles. The fourth-order valence-corrected chi connectivity index (χ4v) is 2.86. The molecular weight excluding hydrogens is 294 g/mol. The van der Waals surface area contributed by atoms with E-state index in [0.29, 0.717) is 13.2 Å². The van der Waals surface area contributed by atoms with Crippen LogP contribution in [0.2, 0.25) is 0 Å². The van der Waals surface area contributed by atoms with E-state index in [1.54, 1.807) is 4.68 Å². The Morgan fingerprint density at radius 3 is 2.70 bits per heavy atom. The third kappa shape index (κ3) is 3.73. The first-order valence-electron chi connectivity index (χ1n) is 7.99. The van der Waals surface area contributed by atoms with Gasteiger partial charge in [-0.15, -0.1) is 5.10 Å². The van der Waals surface area contributed by atoms with Gasteiger partial charge in [-0.25, -0.2) is 0 Å². The Labute approximate surface area is 135 Å². The summed E-state index contributed by atoms with van der Waals surface area (Å²) in [5.74, 6) is 0.767. The zero-order valence-corrected chi connectivity index (χ0v) is 13.3. The van der Waals surface area contributed by atoms with Crippen LogP contribution >= 0.6 is 0 Å². The van der Waals surface area contributed by atoms with Gasteiger partial charge < -0.3 is 4.74 Å². The van der Waals surface area contributed by atoms with Crippen LogP contribution in [0.25, 0.3) is 5.69 Å². The number of tetrazole rings is 1. The van der Waals surface area contributed by atoms with E-state index >= 15 is 0 Å². The minimum atomic E-state index is -0.0683. The molecule has 0 unspecified atom stereocenters. The molecule has 7 nitrogen and oxygen atoms in total. The number of aromatic nitrogens is 4. The lowest BCUT2D eigenvalue weighted by Crippen LogP contribution is -2.37. The molecule has 2 aromatic rings.